The van der Waals surface area contributed by atoms with Crippen LogP contribution in [0.1, 0.15) is 32.3 Å². The van der Waals surface area contributed by atoms with Crippen LogP contribution in [0.25, 0.3) is 0 Å². The summed E-state index contributed by atoms with van der Waals surface area (Å²) < 4.78 is 40.9. The van der Waals surface area contributed by atoms with Gasteiger partial charge in [0.25, 0.3) is 0 Å². The van der Waals surface area contributed by atoms with Crippen LogP contribution >= 0.6 is 0 Å². The second-order valence-corrected chi connectivity index (χ2v) is 5.33. The lowest BCUT2D eigenvalue weighted by atomic mass is 10.0. The van der Waals surface area contributed by atoms with Crippen LogP contribution in [-0.2, 0) is 17.8 Å². The maximum atomic E-state index is 11.5. The van der Waals surface area contributed by atoms with Crippen molar-refractivity contribution in [2.75, 3.05) is 0 Å². The molecule has 8 heteroatoms. The third-order valence-electron chi connectivity index (χ3n) is 2.95. The molecule has 1 heterocycles. The van der Waals surface area contributed by atoms with Gasteiger partial charge < -0.3 is 22.4 Å². The van der Waals surface area contributed by atoms with Crippen LogP contribution in [0.5, 0.6) is 0 Å². The minimum atomic E-state index is -6.00. The van der Waals surface area contributed by atoms with Gasteiger partial charge in [0.2, 0.25) is 0 Å². The third kappa shape index (κ3) is 10.6. The number of hydrogen-bond donors (Lipinski definition) is 1. The Morgan fingerprint density at radius 3 is 2.48 bits per heavy atom. The van der Waals surface area contributed by atoms with Crippen LogP contribution in [-0.4, -0.2) is 23.7 Å². The summed E-state index contributed by atoms with van der Waals surface area (Å²) in [6.07, 6.45) is 8.34. The molecule has 0 bridgehead atoms. The summed E-state index contributed by atoms with van der Waals surface area (Å²) in [7, 11) is -6.00. The quantitative estimate of drug-likeness (QED) is 0.360. The van der Waals surface area contributed by atoms with Crippen molar-refractivity contribution in [1.29, 1.82) is 0 Å². The summed E-state index contributed by atoms with van der Waals surface area (Å²) in [5, 5.41) is 10.1. The van der Waals surface area contributed by atoms with Crippen molar-refractivity contribution in [2.45, 2.75) is 45.3 Å². The predicted octanol–water partition coefficient (Wildman–Crippen LogP) is 3.12. The van der Waals surface area contributed by atoms with E-state index in [2.05, 4.69) is 19.6 Å². The normalized spacial score (nSPS) is 13.5. The van der Waals surface area contributed by atoms with E-state index in [1.807, 2.05) is 23.0 Å². The molecule has 1 atom stereocenters. The van der Waals surface area contributed by atoms with E-state index in [-0.39, 0.29) is 12.3 Å². The molecule has 0 amide bonds. The number of unbranched alkanes of at least 4 members (excludes halogenated alkanes) is 1. The monoisotopic (exact) mass is 335 g/mol. The molecule has 0 saturated carbocycles. The summed E-state index contributed by atoms with van der Waals surface area (Å²) in [5.74, 6) is -0.353. The maximum absolute atomic E-state index is 11.5. The number of aryl methyl sites for hydroxylation is 1. The third-order valence-corrected chi connectivity index (χ3v) is 2.95. The van der Waals surface area contributed by atoms with Gasteiger partial charge in [0.05, 0.1) is 0 Å². The van der Waals surface area contributed by atoms with Crippen molar-refractivity contribution in [2.24, 2.45) is 0 Å². The van der Waals surface area contributed by atoms with Crippen LogP contribution in [0, 0.1) is 0 Å². The standard InChI is InChI=1S/C15H22NO2.BF4/c1-4-6-8-13-9-7-10-16(11-13)12-15(3,18)14(17)5-2;2-1(3,4)5/h5,7,9-11,18H,2,4,6,8,12H2,1,3H3;/q+1;-1. The van der Waals surface area contributed by atoms with E-state index in [1.165, 1.54) is 18.6 Å². The molecule has 0 fully saturated rings. The van der Waals surface area contributed by atoms with Gasteiger partial charge in [0, 0.05) is 11.6 Å². The number of rotatable bonds is 7. The molecule has 0 aliphatic rings. The Balaban J connectivity index is 0.000000841. The first-order valence-corrected chi connectivity index (χ1v) is 7.24. The van der Waals surface area contributed by atoms with Crippen molar-refractivity contribution in [3.05, 3.63) is 42.7 Å². The van der Waals surface area contributed by atoms with E-state index in [1.54, 1.807) is 0 Å². The number of ketones is 1. The smallest absolute Gasteiger partial charge is 0.418 e. The zero-order valence-corrected chi connectivity index (χ0v) is 13.3. The number of carbonyl (C=O) groups is 1. The fourth-order valence-electron chi connectivity index (χ4n) is 1.86. The van der Waals surface area contributed by atoms with Crippen LogP contribution in [0.3, 0.4) is 0 Å². The molecule has 0 aromatic carbocycles. The minimum absolute atomic E-state index is 0.248. The molecule has 1 aromatic rings. The van der Waals surface area contributed by atoms with Gasteiger partial charge in [-0.15, -0.1) is 0 Å². The highest BCUT2D eigenvalue weighted by Crippen LogP contribution is 2.07. The van der Waals surface area contributed by atoms with Gasteiger partial charge in [-0.05, 0) is 31.9 Å². The Kier molecular flexibility index (Phi) is 8.75. The van der Waals surface area contributed by atoms with Crippen molar-refractivity contribution in [1.82, 2.24) is 0 Å². The van der Waals surface area contributed by atoms with E-state index in [0.29, 0.717) is 0 Å². The Morgan fingerprint density at radius 2 is 2.00 bits per heavy atom. The summed E-state index contributed by atoms with van der Waals surface area (Å²) in [4.78, 5) is 11.5. The number of carbonyl (C=O) groups excluding carboxylic acids is 1. The fourth-order valence-corrected chi connectivity index (χ4v) is 1.86. The van der Waals surface area contributed by atoms with Gasteiger partial charge in [0.15, 0.2) is 30.3 Å². The van der Waals surface area contributed by atoms with Crippen LogP contribution in [0.15, 0.2) is 37.2 Å². The highest BCUT2D eigenvalue weighted by Gasteiger charge is 2.32. The molecule has 130 valence electrons. The lowest BCUT2D eigenvalue weighted by Gasteiger charge is -2.16. The zero-order chi connectivity index (χ0) is 18.1. The summed E-state index contributed by atoms with van der Waals surface area (Å²) in [6.45, 7) is 7.33. The Bertz CT molecular complexity index is 512. The van der Waals surface area contributed by atoms with E-state index < -0.39 is 12.9 Å². The Labute approximate surface area is 133 Å². The first-order valence-electron chi connectivity index (χ1n) is 7.24. The van der Waals surface area contributed by atoms with Gasteiger partial charge in [-0.2, -0.15) is 0 Å². The molecule has 0 radical (unpaired) electrons. The molecular formula is C15H22BF4NO2. The molecule has 3 nitrogen and oxygen atoms in total. The number of nitrogens with zero attached hydrogens (tertiary/aromatic N) is 1. The first-order chi connectivity index (χ1) is 10.5. The summed E-state index contributed by atoms with van der Waals surface area (Å²) in [6, 6.07) is 4.01. The highest BCUT2D eigenvalue weighted by molar-refractivity contribution is 6.50. The van der Waals surface area contributed by atoms with E-state index in [0.717, 1.165) is 19.3 Å². The van der Waals surface area contributed by atoms with Gasteiger partial charge >= 0.3 is 7.25 Å². The predicted molar refractivity (Wildman–Crippen MR) is 81.3 cm³/mol. The van der Waals surface area contributed by atoms with Crippen molar-refractivity contribution < 1.29 is 31.7 Å². The molecule has 1 unspecified atom stereocenters. The van der Waals surface area contributed by atoms with Gasteiger partial charge in [0.1, 0.15) is 0 Å². The second-order valence-electron chi connectivity index (χ2n) is 5.33. The topological polar surface area (TPSA) is 41.2 Å². The van der Waals surface area contributed by atoms with Crippen molar-refractivity contribution in [3.63, 3.8) is 0 Å². The average molecular weight is 335 g/mol. The number of pyridine rings is 1. The lowest BCUT2D eigenvalue weighted by Crippen LogP contribution is -2.50. The van der Waals surface area contributed by atoms with Gasteiger partial charge in [-0.3, -0.25) is 4.79 Å². The van der Waals surface area contributed by atoms with Crippen LogP contribution in [0.2, 0.25) is 0 Å². The Hall–Kier alpha value is -1.70. The zero-order valence-electron chi connectivity index (χ0n) is 13.3. The molecule has 0 saturated heterocycles. The van der Waals surface area contributed by atoms with E-state index in [9.17, 15) is 27.2 Å². The van der Waals surface area contributed by atoms with Crippen molar-refractivity contribution >= 4 is 13.0 Å². The van der Waals surface area contributed by atoms with Crippen LogP contribution < -0.4 is 4.57 Å². The maximum Gasteiger partial charge on any atom is 0.673 e. The summed E-state index contributed by atoms with van der Waals surface area (Å²) in [5.41, 5.74) is -0.170. The van der Waals surface area contributed by atoms with E-state index >= 15 is 0 Å². The average Bonchev–Trinajstić information content (AvgIpc) is 2.42. The van der Waals surface area contributed by atoms with Gasteiger partial charge in [-0.1, -0.05) is 19.9 Å². The van der Waals surface area contributed by atoms with E-state index in [4.69, 9.17) is 0 Å². The number of aromatic nitrogens is 1. The number of aliphatic hydroxyl groups is 1. The molecule has 1 aromatic heterocycles. The summed E-state index contributed by atoms with van der Waals surface area (Å²) >= 11 is 0. The fraction of sp³-hybridized carbons (Fsp3) is 0.467. The Morgan fingerprint density at radius 1 is 1.43 bits per heavy atom. The van der Waals surface area contributed by atoms with Crippen LogP contribution in [0.4, 0.5) is 17.3 Å². The molecular weight excluding hydrogens is 313 g/mol. The number of halogens is 4. The molecule has 0 aliphatic carbocycles. The molecule has 1 N–H and O–H groups in total. The first kappa shape index (κ1) is 21.3. The largest absolute Gasteiger partial charge is 0.673 e. The minimum Gasteiger partial charge on any atom is -0.418 e. The molecule has 0 spiro atoms. The molecule has 0 aliphatic heterocycles. The number of hydrogen-bond acceptors (Lipinski definition) is 2. The van der Waals surface area contributed by atoms with Gasteiger partial charge in [-0.25, -0.2) is 4.57 Å². The SMILES string of the molecule is C=CC(=O)C(C)(O)C[n+]1cccc(CCCC)c1.F[B-](F)(F)F. The lowest BCUT2D eigenvalue weighted by molar-refractivity contribution is -0.707. The van der Waals surface area contributed by atoms with Crippen molar-refractivity contribution in [3.8, 4) is 0 Å². The molecule has 1 rings (SSSR count). The molecule has 23 heavy (non-hydrogen) atoms. The second kappa shape index (κ2) is 9.45. The highest BCUT2D eigenvalue weighted by atomic mass is 19.5.